The van der Waals surface area contributed by atoms with Crippen LogP contribution in [0.15, 0.2) is 24.3 Å². The number of nitrogens with one attached hydrogen (secondary N) is 1. The van der Waals surface area contributed by atoms with Crippen molar-refractivity contribution in [2.24, 2.45) is 11.8 Å². The number of carboxylic acid groups (broad SMARTS) is 1. The maximum Gasteiger partial charge on any atom is 0.306 e. The summed E-state index contributed by atoms with van der Waals surface area (Å²) in [5, 5.41) is 12.0. The Balaban J connectivity index is 1.52. The van der Waals surface area contributed by atoms with E-state index in [1.54, 1.807) is 0 Å². The Morgan fingerprint density at radius 1 is 1.14 bits per heavy atom. The third kappa shape index (κ3) is 2.94. The third-order valence-electron chi connectivity index (χ3n) is 4.93. The van der Waals surface area contributed by atoms with Crippen molar-refractivity contribution in [1.82, 2.24) is 5.32 Å². The van der Waals surface area contributed by atoms with Crippen LogP contribution in [0, 0.1) is 11.8 Å². The van der Waals surface area contributed by atoms with E-state index < -0.39 is 5.97 Å². The minimum Gasteiger partial charge on any atom is -0.481 e. The van der Waals surface area contributed by atoms with Crippen LogP contribution in [0.5, 0.6) is 0 Å². The van der Waals surface area contributed by atoms with E-state index in [1.165, 1.54) is 11.1 Å². The fraction of sp³-hybridized carbons (Fsp3) is 0.529. The zero-order valence-corrected chi connectivity index (χ0v) is 12.0. The van der Waals surface area contributed by atoms with Gasteiger partial charge in [0.1, 0.15) is 0 Å². The first kappa shape index (κ1) is 14.1. The van der Waals surface area contributed by atoms with Gasteiger partial charge in [-0.25, -0.2) is 0 Å². The Bertz CT molecular complexity index is 555. The van der Waals surface area contributed by atoms with Crippen molar-refractivity contribution in [3.05, 3.63) is 35.4 Å². The molecule has 3 atom stereocenters. The van der Waals surface area contributed by atoms with Crippen LogP contribution in [0.1, 0.15) is 42.7 Å². The molecule has 2 N–H and O–H groups in total. The van der Waals surface area contributed by atoms with E-state index in [0.29, 0.717) is 31.7 Å². The van der Waals surface area contributed by atoms with Crippen molar-refractivity contribution in [2.45, 2.75) is 38.0 Å². The van der Waals surface area contributed by atoms with Crippen LogP contribution >= 0.6 is 0 Å². The maximum atomic E-state index is 12.2. The van der Waals surface area contributed by atoms with E-state index in [2.05, 4.69) is 23.5 Å². The smallest absolute Gasteiger partial charge is 0.306 e. The molecule has 0 aromatic heterocycles. The third-order valence-corrected chi connectivity index (χ3v) is 4.93. The number of aryl methyl sites for hydroxylation is 1. The van der Waals surface area contributed by atoms with E-state index in [9.17, 15) is 9.59 Å². The topological polar surface area (TPSA) is 66.4 Å². The summed E-state index contributed by atoms with van der Waals surface area (Å²) in [6.07, 6.45) is 3.98. The van der Waals surface area contributed by atoms with Crippen LogP contribution in [0.2, 0.25) is 0 Å². The van der Waals surface area contributed by atoms with Gasteiger partial charge < -0.3 is 10.4 Å². The van der Waals surface area contributed by atoms with Gasteiger partial charge in [-0.3, -0.25) is 9.59 Å². The maximum absolute atomic E-state index is 12.2. The Kier molecular flexibility index (Phi) is 3.95. The van der Waals surface area contributed by atoms with Gasteiger partial charge in [0.15, 0.2) is 0 Å². The van der Waals surface area contributed by atoms with Gasteiger partial charge in [0.25, 0.3) is 0 Å². The molecule has 0 saturated heterocycles. The van der Waals surface area contributed by atoms with Gasteiger partial charge in [0, 0.05) is 18.4 Å². The zero-order chi connectivity index (χ0) is 14.8. The molecule has 3 rings (SSSR count). The number of aliphatic carboxylic acids is 1. The number of amides is 1. The second-order valence-electron chi connectivity index (χ2n) is 6.22. The quantitative estimate of drug-likeness (QED) is 0.893. The first-order chi connectivity index (χ1) is 10.1. The number of carboxylic acids is 1. The molecule has 4 heteroatoms. The summed E-state index contributed by atoms with van der Waals surface area (Å²) in [6.45, 7) is 0.671. The van der Waals surface area contributed by atoms with Gasteiger partial charge in [0.2, 0.25) is 5.91 Å². The summed E-state index contributed by atoms with van der Waals surface area (Å²) in [4.78, 5) is 23.1. The van der Waals surface area contributed by atoms with Gasteiger partial charge in [-0.1, -0.05) is 24.3 Å². The highest BCUT2D eigenvalue weighted by atomic mass is 16.4. The Labute approximate surface area is 124 Å². The fourth-order valence-electron chi connectivity index (χ4n) is 3.67. The van der Waals surface area contributed by atoms with Crippen molar-refractivity contribution in [1.29, 1.82) is 0 Å². The molecule has 1 saturated carbocycles. The number of hydrogen-bond acceptors (Lipinski definition) is 2. The normalized spacial score (nSPS) is 27.3. The highest BCUT2D eigenvalue weighted by Gasteiger charge is 2.34. The van der Waals surface area contributed by atoms with Crippen molar-refractivity contribution in [2.75, 3.05) is 6.54 Å². The van der Waals surface area contributed by atoms with Crippen LogP contribution in [0.25, 0.3) is 0 Å². The fourth-order valence-corrected chi connectivity index (χ4v) is 3.67. The van der Waals surface area contributed by atoms with Gasteiger partial charge in [-0.15, -0.1) is 0 Å². The standard InChI is InChI=1S/C17H21NO3/c19-16(12-6-7-13(9-12)17(20)21)18-10-14-8-5-11-3-1-2-4-15(11)14/h1-4,12-14H,5-10H2,(H,18,19)(H,20,21)/t12-,13+,14?/m0/s1. The number of carbonyl (C=O) groups is 2. The monoisotopic (exact) mass is 287 g/mol. The molecule has 21 heavy (non-hydrogen) atoms. The van der Waals surface area contributed by atoms with Crippen molar-refractivity contribution < 1.29 is 14.7 Å². The summed E-state index contributed by atoms with van der Waals surface area (Å²) in [5.74, 6) is -0.796. The molecule has 2 aliphatic rings. The molecule has 0 aliphatic heterocycles. The summed E-state index contributed by atoms with van der Waals surface area (Å²) in [7, 11) is 0. The molecule has 0 spiro atoms. The van der Waals surface area contributed by atoms with E-state index in [-0.39, 0.29) is 17.7 Å². The molecule has 0 bridgehead atoms. The lowest BCUT2D eigenvalue weighted by atomic mass is 10.0. The molecule has 1 aromatic rings. The SMILES string of the molecule is O=C(O)[C@@H]1CC[C@H](C(=O)NCC2CCc3ccccc32)C1. The van der Waals surface area contributed by atoms with Crippen LogP contribution in [-0.2, 0) is 16.0 Å². The van der Waals surface area contributed by atoms with E-state index in [4.69, 9.17) is 5.11 Å². The van der Waals surface area contributed by atoms with Crippen molar-refractivity contribution >= 4 is 11.9 Å². The van der Waals surface area contributed by atoms with Crippen molar-refractivity contribution in [3.8, 4) is 0 Å². The van der Waals surface area contributed by atoms with Gasteiger partial charge in [-0.2, -0.15) is 0 Å². The molecule has 2 aliphatic carbocycles. The van der Waals surface area contributed by atoms with Crippen LogP contribution in [0.4, 0.5) is 0 Å². The van der Waals surface area contributed by atoms with E-state index >= 15 is 0 Å². The molecule has 112 valence electrons. The molecule has 1 fully saturated rings. The molecular weight excluding hydrogens is 266 g/mol. The van der Waals surface area contributed by atoms with Crippen molar-refractivity contribution in [3.63, 3.8) is 0 Å². The summed E-state index contributed by atoms with van der Waals surface area (Å²) in [6, 6.07) is 8.42. The molecule has 1 unspecified atom stereocenters. The summed E-state index contributed by atoms with van der Waals surface area (Å²) in [5.41, 5.74) is 2.75. The predicted octanol–water partition coefficient (Wildman–Crippen LogP) is 2.33. The van der Waals surface area contributed by atoms with E-state index in [1.807, 2.05) is 6.07 Å². The highest BCUT2D eigenvalue weighted by Crippen LogP contribution is 2.33. The molecule has 0 radical (unpaired) electrons. The Hall–Kier alpha value is -1.84. The zero-order valence-electron chi connectivity index (χ0n) is 12.0. The number of fused-ring (bicyclic) bond motifs is 1. The minimum absolute atomic E-state index is 0.0307. The summed E-state index contributed by atoms with van der Waals surface area (Å²) < 4.78 is 0. The summed E-state index contributed by atoms with van der Waals surface area (Å²) >= 11 is 0. The number of carbonyl (C=O) groups excluding carboxylic acids is 1. The first-order valence-electron chi connectivity index (χ1n) is 7.73. The average Bonchev–Trinajstić information content (AvgIpc) is 3.12. The van der Waals surface area contributed by atoms with Gasteiger partial charge >= 0.3 is 5.97 Å². The Morgan fingerprint density at radius 2 is 1.90 bits per heavy atom. The Morgan fingerprint density at radius 3 is 2.67 bits per heavy atom. The van der Waals surface area contributed by atoms with Crippen LogP contribution in [-0.4, -0.2) is 23.5 Å². The lowest BCUT2D eigenvalue weighted by molar-refractivity contribution is -0.141. The lowest BCUT2D eigenvalue weighted by Crippen LogP contribution is -2.32. The second kappa shape index (κ2) is 5.88. The predicted molar refractivity (Wildman–Crippen MR) is 79.0 cm³/mol. The number of benzene rings is 1. The number of hydrogen-bond donors (Lipinski definition) is 2. The first-order valence-corrected chi connectivity index (χ1v) is 7.73. The molecule has 1 aromatic carbocycles. The molecule has 4 nitrogen and oxygen atoms in total. The molecule has 0 heterocycles. The van der Waals surface area contributed by atoms with E-state index in [0.717, 1.165) is 12.8 Å². The lowest BCUT2D eigenvalue weighted by Gasteiger charge is -2.15. The average molecular weight is 287 g/mol. The molecular formula is C17H21NO3. The minimum atomic E-state index is -0.768. The number of rotatable bonds is 4. The highest BCUT2D eigenvalue weighted by molar-refractivity contribution is 5.80. The van der Waals surface area contributed by atoms with Gasteiger partial charge in [0.05, 0.1) is 5.92 Å². The molecule has 1 amide bonds. The van der Waals surface area contributed by atoms with Crippen LogP contribution < -0.4 is 5.32 Å². The largest absolute Gasteiger partial charge is 0.481 e. The van der Waals surface area contributed by atoms with Crippen LogP contribution in [0.3, 0.4) is 0 Å². The second-order valence-corrected chi connectivity index (χ2v) is 6.22. The van der Waals surface area contributed by atoms with Gasteiger partial charge in [-0.05, 0) is 43.2 Å².